The third-order valence-corrected chi connectivity index (χ3v) is 5.93. The summed E-state index contributed by atoms with van der Waals surface area (Å²) in [6, 6.07) is 9.58. The van der Waals surface area contributed by atoms with Gasteiger partial charge in [0.2, 0.25) is 5.91 Å². The number of anilines is 1. The maximum Gasteiger partial charge on any atom is 0.234 e. The monoisotopic (exact) mass is 509 g/mol. The number of rotatable bonds is 6. The standard InChI is InChI=1S/C18H17Br2N5OS/c1-3-25-17(14-6-4-5-7-21-14)23-24-18(25)27-10-15(26)22-16-12(19)8-11(2)9-13(16)20/h4-9H,3,10H2,1-2H3,(H,22,26). The van der Waals surface area contributed by atoms with Gasteiger partial charge in [0.1, 0.15) is 5.69 Å². The van der Waals surface area contributed by atoms with Crippen LogP contribution in [0.4, 0.5) is 5.69 Å². The Bertz CT molecular complexity index is 939. The molecule has 0 radical (unpaired) electrons. The molecule has 2 aromatic heterocycles. The molecular formula is C18H17Br2N5OS. The zero-order valence-electron chi connectivity index (χ0n) is 14.7. The van der Waals surface area contributed by atoms with Crippen molar-refractivity contribution in [1.82, 2.24) is 19.7 Å². The van der Waals surface area contributed by atoms with Gasteiger partial charge < -0.3 is 9.88 Å². The first-order valence-electron chi connectivity index (χ1n) is 8.22. The zero-order valence-corrected chi connectivity index (χ0v) is 18.7. The fourth-order valence-electron chi connectivity index (χ4n) is 2.49. The molecule has 1 amide bonds. The highest BCUT2D eigenvalue weighted by molar-refractivity contribution is 9.11. The Kier molecular flexibility index (Phi) is 6.67. The lowest BCUT2D eigenvalue weighted by Crippen LogP contribution is -2.15. The Morgan fingerprint density at radius 3 is 2.59 bits per heavy atom. The minimum absolute atomic E-state index is 0.115. The molecule has 0 fully saturated rings. The summed E-state index contributed by atoms with van der Waals surface area (Å²) in [4.78, 5) is 16.7. The summed E-state index contributed by atoms with van der Waals surface area (Å²) < 4.78 is 3.63. The highest BCUT2D eigenvalue weighted by Crippen LogP contribution is 2.32. The first-order chi connectivity index (χ1) is 13.0. The van der Waals surface area contributed by atoms with Crippen LogP contribution in [-0.4, -0.2) is 31.4 Å². The molecule has 0 aliphatic rings. The normalized spacial score (nSPS) is 10.8. The van der Waals surface area contributed by atoms with E-state index in [0.717, 1.165) is 25.9 Å². The van der Waals surface area contributed by atoms with Gasteiger partial charge in [-0.2, -0.15) is 0 Å². The number of halogens is 2. The van der Waals surface area contributed by atoms with Crippen molar-refractivity contribution in [2.75, 3.05) is 11.1 Å². The van der Waals surface area contributed by atoms with Crippen molar-refractivity contribution in [3.8, 4) is 11.5 Å². The number of benzene rings is 1. The maximum absolute atomic E-state index is 12.4. The number of carbonyl (C=O) groups excluding carboxylic acids is 1. The molecule has 0 saturated carbocycles. The summed E-state index contributed by atoms with van der Waals surface area (Å²) in [5.41, 5.74) is 2.58. The topological polar surface area (TPSA) is 72.7 Å². The molecule has 3 rings (SSSR count). The van der Waals surface area contributed by atoms with E-state index in [1.165, 1.54) is 11.8 Å². The van der Waals surface area contributed by atoms with Crippen molar-refractivity contribution in [1.29, 1.82) is 0 Å². The second-order valence-electron chi connectivity index (χ2n) is 5.71. The third-order valence-electron chi connectivity index (χ3n) is 3.71. The second kappa shape index (κ2) is 8.99. The Hall–Kier alpha value is -1.71. The predicted molar refractivity (Wildman–Crippen MR) is 115 cm³/mol. The van der Waals surface area contributed by atoms with E-state index < -0.39 is 0 Å². The number of nitrogens with one attached hydrogen (secondary N) is 1. The van der Waals surface area contributed by atoms with Crippen molar-refractivity contribution in [2.45, 2.75) is 25.5 Å². The molecule has 1 N–H and O–H groups in total. The van der Waals surface area contributed by atoms with Gasteiger partial charge in [-0.05, 0) is 75.5 Å². The Balaban J connectivity index is 1.70. The molecule has 9 heteroatoms. The van der Waals surface area contributed by atoms with Gasteiger partial charge in [-0.25, -0.2) is 0 Å². The predicted octanol–water partition coefficient (Wildman–Crippen LogP) is 4.92. The lowest BCUT2D eigenvalue weighted by molar-refractivity contribution is -0.113. The lowest BCUT2D eigenvalue weighted by atomic mass is 10.2. The second-order valence-corrected chi connectivity index (χ2v) is 8.36. The smallest absolute Gasteiger partial charge is 0.234 e. The van der Waals surface area contributed by atoms with Crippen molar-refractivity contribution in [3.63, 3.8) is 0 Å². The molecule has 1 aromatic carbocycles. The SMILES string of the molecule is CCn1c(SCC(=O)Nc2c(Br)cc(C)cc2Br)nnc1-c1ccccn1. The van der Waals surface area contributed by atoms with Gasteiger partial charge in [-0.1, -0.05) is 17.8 Å². The molecule has 0 saturated heterocycles. The summed E-state index contributed by atoms with van der Waals surface area (Å²) >= 11 is 8.33. The fraction of sp³-hybridized carbons (Fsp3) is 0.222. The maximum atomic E-state index is 12.4. The average molecular weight is 511 g/mol. The number of thioether (sulfide) groups is 1. The molecule has 0 spiro atoms. The van der Waals surface area contributed by atoms with Crippen LogP contribution in [0.5, 0.6) is 0 Å². The number of nitrogens with zero attached hydrogens (tertiary/aromatic N) is 4. The molecular weight excluding hydrogens is 494 g/mol. The van der Waals surface area contributed by atoms with Crippen LogP contribution < -0.4 is 5.32 Å². The highest BCUT2D eigenvalue weighted by Gasteiger charge is 2.16. The third kappa shape index (κ3) is 4.77. The van der Waals surface area contributed by atoms with Gasteiger partial charge in [0.05, 0.1) is 11.4 Å². The van der Waals surface area contributed by atoms with Gasteiger partial charge in [-0.3, -0.25) is 9.78 Å². The number of aromatic nitrogens is 4. The molecule has 0 aliphatic heterocycles. The van der Waals surface area contributed by atoms with Crippen LogP contribution in [0.15, 0.2) is 50.6 Å². The fourth-order valence-corrected chi connectivity index (χ4v) is 4.91. The van der Waals surface area contributed by atoms with E-state index in [1.807, 2.05) is 48.7 Å². The number of hydrogen-bond acceptors (Lipinski definition) is 5. The summed E-state index contributed by atoms with van der Waals surface area (Å²) in [6.07, 6.45) is 1.72. The lowest BCUT2D eigenvalue weighted by Gasteiger charge is -2.11. The van der Waals surface area contributed by atoms with E-state index in [4.69, 9.17) is 0 Å². The van der Waals surface area contributed by atoms with E-state index >= 15 is 0 Å². The number of hydrogen-bond donors (Lipinski definition) is 1. The van der Waals surface area contributed by atoms with E-state index in [0.29, 0.717) is 17.5 Å². The Morgan fingerprint density at radius 2 is 1.96 bits per heavy atom. The minimum atomic E-state index is -0.115. The van der Waals surface area contributed by atoms with Crippen molar-refractivity contribution in [2.24, 2.45) is 0 Å². The molecule has 2 heterocycles. The number of carbonyl (C=O) groups is 1. The highest BCUT2D eigenvalue weighted by atomic mass is 79.9. The van der Waals surface area contributed by atoms with Gasteiger partial charge >= 0.3 is 0 Å². The summed E-state index contributed by atoms with van der Waals surface area (Å²) in [6.45, 7) is 4.70. The molecule has 140 valence electrons. The van der Waals surface area contributed by atoms with Crippen LogP contribution in [0, 0.1) is 6.92 Å². The molecule has 0 aliphatic carbocycles. The van der Waals surface area contributed by atoms with Gasteiger partial charge in [0.25, 0.3) is 0 Å². The largest absolute Gasteiger partial charge is 0.323 e. The van der Waals surface area contributed by atoms with E-state index in [2.05, 4.69) is 52.4 Å². The van der Waals surface area contributed by atoms with Gasteiger partial charge in [0.15, 0.2) is 11.0 Å². The van der Waals surface area contributed by atoms with Crippen LogP contribution in [0.1, 0.15) is 12.5 Å². The molecule has 6 nitrogen and oxygen atoms in total. The Labute approximate surface area is 178 Å². The van der Waals surface area contributed by atoms with Gasteiger partial charge in [0, 0.05) is 21.7 Å². The first-order valence-corrected chi connectivity index (χ1v) is 10.8. The summed E-state index contributed by atoms with van der Waals surface area (Å²) in [7, 11) is 0. The summed E-state index contributed by atoms with van der Waals surface area (Å²) in [5.74, 6) is 0.813. The van der Waals surface area contributed by atoms with E-state index in [9.17, 15) is 4.79 Å². The average Bonchev–Trinajstić information content (AvgIpc) is 3.06. The van der Waals surface area contributed by atoms with Crippen LogP contribution >= 0.6 is 43.6 Å². The molecule has 0 unspecified atom stereocenters. The molecule has 27 heavy (non-hydrogen) atoms. The number of amides is 1. The van der Waals surface area contributed by atoms with E-state index in [1.54, 1.807) is 6.20 Å². The quantitative estimate of drug-likeness (QED) is 0.476. The van der Waals surface area contributed by atoms with Crippen LogP contribution in [0.2, 0.25) is 0 Å². The van der Waals surface area contributed by atoms with Crippen LogP contribution in [-0.2, 0) is 11.3 Å². The number of aryl methyl sites for hydroxylation is 1. The minimum Gasteiger partial charge on any atom is -0.323 e. The molecule has 0 atom stereocenters. The molecule has 3 aromatic rings. The summed E-state index contributed by atoms with van der Waals surface area (Å²) in [5, 5.41) is 12.1. The Morgan fingerprint density at radius 1 is 1.22 bits per heavy atom. The number of pyridine rings is 1. The van der Waals surface area contributed by atoms with E-state index in [-0.39, 0.29) is 11.7 Å². The molecule has 0 bridgehead atoms. The first kappa shape index (κ1) is 20.0. The zero-order chi connectivity index (χ0) is 19.4. The van der Waals surface area contributed by atoms with Crippen molar-refractivity contribution < 1.29 is 4.79 Å². The van der Waals surface area contributed by atoms with Crippen molar-refractivity contribution in [3.05, 3.63) is 51.0 Å². The van der Waals surface area contributed by atoms with Gasteiger partial charge in [-0.15, -0.1) is 10.2 Å². The van der Waals surface area contributed by atoms with Crippen LogP contribution in [0.25, 0.3) is 11.5 Å². The van der Waals surface area contributed by atoms with Crippen LogP contribution in [0.3, 0.4) is 0 Å². The van der Waals surface area contributed by atoms with Crippen molar-refractivity contribution >= 4 is 55.2 Å².